The Balaban J connectivity index is 1.76. The molecule has 0 saturated heterocycles. The summed E-state index contributed by atoms with van der Waals surface area (Å²) in [7, 11) is 0. The van der Waals surface area contributed by atoms with Crippen LogP contribution in [0, 0.1) is 5.92 Å². The van der Waals surface area contributed by atoms with E-state index in [-0.39, 0.29) is 23.8 Å². The average molecular weight is 332 g/mol. The van der Waals surface area contributed by atoms with Crippen LogP contribution in [-0.4, -0.2) is 29.6 Å². The van der Waals surface area contributed by atoms with Gasteiger partial charge in [0.25, 0.3) is 0 Å². The van der Waals surface area contributed by atoms with Crippen LogP contribution in [0.25, 0.3) is 0 Å². The second kappa shape index (κ2) is 9.42. The Morgan fingerprint density at radius 3 is 2.50 bits per heavy atom. The molecule has 1 aliphatic rings. The maximum absolute atomic E-state index is 12.0. The monoisotopic (exact) mass is 332 g/mol. The smallest absolute Gasteiger partial charge is 0.224 e. The molecular formula is C19H28N2O3. The molecule has 0 aliphatic heterocycles. The lowest BCUT2D eigenvalue weighted by atomic mass is 9.86. The van der Waals surface area contributed by atoms with Gasteiger partial charge < -0.3 is 15.7 Å². The molecule has 2 amide bonds. The summed E-state index contributed by atoms with van der Waals surface area (Å²) in [5.41, 5.74) is 1.66. The first-order valence-corrected chi connectivity index (χ1v) is 8.92. The van der Waals surface area contributed by atoms with Gasteiger partial charge in [0, 0.05) is 24.6 Å². The molecule has 1 aromatic rings. The van der Waals surface area contributed by atoms with E-state index in [0.29, 0.717) is 19.4 Å². The van der Waals surface area contributed by atoms with Gasteiger partial charge in [-0.2, -0.15) is 0 Å². The van der Waals surface area contributed by atoms with Crippen molar-refractivity contribution in [3.05, 3.63) is 29.8 Å². The van der Waals surface area contributed by atoms with E-state index in [0.717, 1.165) is 43.4 Å². The van der Waals surface area contributed by atoms with E-state index in [9.17, 15) is 14.7 Å². The third kappa shape index (κ3) is 5.96. The van der Waals surface area contributed by atoms with Gasteiger partial charge >= 0.3 is 0 Å². The molecule has 0 aromatic heterocycles. The van der Waals surface area contributed by atoms with E-state index in [2.05, 4.69) is 10.6 Å². The van der Waals surface area contributed by atoms with Crippen molar-refractivity contribution < 1.29 is 14.7 Å². The second-order valence-electron chi connectivity index (χ2n) is 6.59. The van der Waals surface area contributed by atoms with Crippen LogP contribution in [0.3, 0.4) is 0 Å². The molecule has 1 aromatic carbocycles. The standard InChI is InChI=1S/C19H28N2O3/c1-2-5-18(23)21-16-10-8-14(9-11-16)12-19(24)20-13-15-6-3-4-7-17(15)22/h8-11,15,17,22H,2-7,12-13H2,1H3,(H,20,24)(H,21,23)/t15-,17-/m1/s1. The summed E-state index contributed by atoms with van der Waals surface area (Å²) < 4.78 is 0. The van der Waals surface area contributed by atoms with Gasteiger partial charge in [0.15, 0.2) is 0 Å². The first-order chi connectivity index (χ1) is 11.6. The van der Waals surface area contributed by atoms with Crippen molar-refractivity contribution in [2.24, 2.45) is 5.92 Å². The van der Waals surface area contributed by atoms with Crippen molar-refractivity contribution in [1.29, 1.82) is 0 Å². The van der Waals surface area contributed by atoms with Gasteiger partial charge in [0.2, 0.25) is 11.8 Å². The SMILES string of the molecule is CCCC(=O)Nc1ccc(CC(=O)NC[C@H]2CCCC[C@H]2O)cc1. The van der Waals surface area contributed by atoms with Gasteiger partial charge in [-0.1, -0.05) is 31.9 Å². The highest BCUT2D eigenvalue weighted by Crippen LogP contribution is 2.23. The molecule has 0 unspecified atom stereocenters. The van der Waals surface area contributed by atoms with E-state index in [1.54, 1.807) is 0 Å². The average Bonchev–Trinajstić information content (AvgIpc) is 2.56. The van der Waals surface area contributed by atoms with Crippen molar-refractivity contribution in [3.8, 4) is 0 Å². The second-order valence-corrected chi connectivity index (χ2v) is 6.59. The maximum Gasteiger partial charge on any atom is 0.224 e. The van der Waals surface area contributed by atoms with Gasteiger partial charge in [0.05, 0.1) is 12.5 Å². The number of benzene rings is 1. The van der Waals surface area contributed by atoms with Crippen LogP contribution < -0.4 is 10.6 Å². The van der Waals surface area contributed by atoms with Gasteiger partial charge in [-0.15, -0.1) is 0 Å². The Morgan fingerprint density at radius 2 is 1.83 bits per heavy atom. The highest BCUT2D eigenvalue weighted by Gasteiger charge is 2.23. The number of anilines is 1. The zero-order valence-electron chi connectivity index (χ0n) is 14.4. The predicted molar refractivity (Wildman–Crippen MR) is 94.7 cm³/mol. The minimum Gasteiger partial charge on any atom is -0.393 e. The molecule has 0 bridgehead atoms. The van der Waals surface area contributed by atoms with E-state index >= 15 is 0 Å². The van der Waals surface area contributed by atoms with E-state index < -0.39 is 0 Å². The number of hydrogen-bond donors (Lipinski definition) is 3. The minimum atomic E-state index is -0.287. The topological polar surface area (TPSA) is 78.4 Å². The summed E-state index contributed by atoms with van der Waals surface area (Å²) in [4.78, 5) is 23.6. The molecule has 0 heterocycles. The lowest BCUT2D eigenvalue weighted by Crippen LogP contribution is -2.37. The van der Waals surface area contributed by atoms with Crippen molar-refractivity contribution in [1.82, 2.24) is 5.32 Å². The first-order valence-electron chi connectivity index (χ1n) is 8.92. The first kappa shape index (κ1) is 18.5. The van der Waals surface area contributed by atoms with Crippen molar-refractivity contribution in [2.75, 3.05) is 11.9 Å². The number of carbonyl (C=O) groups excluding carboxylic acids is 2. The fourth-order valence-corrected chi connectivity index (χ4v) is 3.08. The van der Waals surface area contributed by atoms with Crippen molar-refractivity contribution >= 4 is 17.5 Å². The van der Waals surface area contributed by atoms with Crippen molar-refractivity contribution in [2.45, 2.75) is 58.0 Å². The molecule has 0 radical (unpaired) electrons. The highest BCUT2D eigenvalue weighted by atomic mass is 16.3. The summed E-state index contributed by atoms with van der Waals surface area (Å²) in [6.07, 6.45) is 5.38. The highest BCUT2D eigenvalue weighted by molar-refractivity contribution is 5.90. The molecular weight excluding hydrogens is 304 g/mol. The molecule has 132 valence electrons. The molecule has 2 rings (SSSR count). The molecule has 1 saturated carbocycles. The Morgan fingerprint density at radius 1 is 1.12 bits per heavy atom. The van der Waals surface area contributed by atoms with E-state index in [1.165, 1.54) is 0 Å². The van der Waals surface area contributed by atoms with Gasteiger partial charge in [0.1, 0.15) is 0 Å². The third-order valence-electron chi connectivity index (χ3n) is 4.51. The lowest BCUT2D eigenvalue weighted by Gasteiger charge is -2.27. The van der Waals surface area contributed by atoms with Gasteiger partial charge in [-0.3, -0.25) is 9.59 Å². The van der Waals surface area contributed by atoms with Crippen LogP contribution >= 0.6 is 0 Å². The normalized spacial score (nSPS) is 20.4. The zero-order chi connectivity index (χ0) is 17.4. The Bertz CT molecular complexity index is 542. The van der Waals surface area contributed by atoms with Crippen LogP contribution in [0.2, 0.25) is 0 Å². The molecule has 2 atom stereocenters. The van der Waals surface area contributed by atoms with Gasteiger partial charge in [-0.05, 0) is 37.0 Å². The molecule has 5 heteroatoms. The van der Waals surface area contributed by atoms with Crippen LogP contribution in [0.1, 0.15) is 51.0 Å². The molecule has 0 spiro atoms. The predicted octanol–water partition coefficient (Wildman–Crippen LogP) is 2.64. The summed E-state index contributed by atoms with van der Waals surface area (Å²) in [5, 5.41) is 15.7. The van der Waals surface area contributed by atoms with Gasteiger partial charge in [-0.25, -0.2) is 0 Å². The van der Waals surface area contributed by atoms with Crippen molar-refractivity contribution in [3.63, 3.8) is 0 Å². The molecule has 24 heavy (non-hydrogen) atoms. The number of carbonyl (C=O) groups is 2. The minimum absolute atomic E-state index is 0.00836. The Kier molecular flexibility index (Phi) is 7.25. The summed E-state index contributed by atoms with van der Waals surface area (Å²) in [6.45, 7) is 2.51. The van der Waals surface area contributed by atoms with Crippen LogP contribution in [0.5, 0.6) is 0 Å². The Hall–Kier alpha value is -1.88. The molecule has 1 fully saturated rings. The maximum atomic E-state index is 12.0. The van der Waals surface area contributed by atoms with E-state index in [4.69, 9.17) is 0 Å². The molecule has 1 aliphatic carbocycles. The van der Waals surface area contributed by atoms with Crippen LogP contribution in [-0.2, 0) is 16.0 Å². The molecule has 3 N–H and O–H groups in total. The number of aliphatic hydroxyl groups excluding tert-OH is 1. The summed E-state index contributed by atoms with van der Waals surface area (Å²) in [6, 6.07) is 7.36. The number of rotatable bonds is 7. The number of aliphatic hydroxyl groups is 1. The lowest BCUT2D eigenvalue weighted by molar-refractivity contribution is -0.121. The number of hydrogen-bond acceptors (Lipinski definition) is 3. The largest absolute Gasteiger partial charge is 0.393 e. The fourth-order valence-electron chi connectivity index (χ4n) is 3.08. The number of amides is 2. The van der Waals surface area contributed by atoms with Crippen LogP contribution in [0.4, 0.5) is 5.69 Å². The molecule has 5 nitrogen and oxygen atoms in total. The zero-order valence-corrected chi connectivity index (χ0v) is 14.4. The summed E-state index contributed by atoms with van der Waals surface area (Å²) >= 11 is 0. The third-order valence-corrected chi connectivity index (χ3v) is 4.51. The van der Waals surface area contributed by atoms with Crippen LogP contribution in [0.15, 0.2) is 24.3 Å². The van der Waals surface area contributed by atoms with E-state index in [1.807, 2.05) is 31.2 Å². The Labute approximate surface area is 143 Å². The quantitative estimate of drug-likeness (QED) is 0.718. The number of nitrogens with one attached hydrogen (secondary N) is 2. The fraction of sp³-hybridized carbons (Fsp3) is 0.579. The summed E-state index contributed by atoms with van der Waals surface area (Å²) in [5.74, 6) is 0.156.